The van der Waals surface area contributed by atoms with Crippen molar-refractivity contribution in [2.75, 3.05) is 5.73 Å². The number of imidazole rings is 1. The summed E-state index contributed by atoms with van der Waals surface area (Å²) in [5.41, 5.74) is 8.12. The molecular formula is C14H21N3O2. The van der Waals surface area contributed by atoms with Crippen molar-refractivity contribution in [2.45, 2.75) is 45.4 Å². The average molecular weight is 263 g/mol. The summed E-state index contributed by atoms with van der Waals surface area (Å²) in [6.45, 7) is 5.46. The molecule has 0 fully saturated rings. The van der Waals surface area contributed by atoms with Gasteiger partial charge in [-0.1, -0.05) is 0 Å². The number of benzene rings is 1. The molecule has 3 atom stereocenters. The molecule has 0 bridgehead atoms. The standard InChI is InChI=1S/C14H21N3O2/c1-8(6-9(2)18)17-13-5-4-11(15)7-12(13)16-14(17)10(3)19/h4-5,7-10,18-19H,6,15H2,1-3H3. The molecule has 0 saturated heterocycles. The molecule has 2 rings (SSSR count). The van der Waals surface area contributed by atoms with Gasteiger partial charge in [0.1, 0.15) is 11.9 Å². The lowest BCUT2D eigenvalue weighted by Crippen LogP contribution is -2.16. The Bertz CT molecular complexity index is 575. The van der Waals surface area contributed by atoms with Crippen LogP contribution in [0.15, 0.2) is 18.2 Å². The van der Waals surface area contributed by atoms with E-state index in [4.69, 9.17) is 5.73 Å². The van der Waals surface area contributed by atoms with E-state index in [2.05, 4.69) is 4.98 Å². The molecule has 0 saturated carbocycles. The van der Waals surface area contributed by atoms with Crippen molar-refractivity contribution in [3.05, 3.63) is 24.0 Å². The first-order valence-corrected chi connectivity index (χ1v) is 6.53. The van der Waals surface area contributed by atoms with Crippen molar-refractivity contribution in [1.82, 2.24) is 9.55 Å². The molecule has 0 radical (unpaired) electrons. The van der Waals surface area contributed by atoms with Crippen LogP contribution in [0.2, 0.25) is 0 Å². The third-order valence-electron chi connectivity index (χ3n) is 3.24. The Morgan fingerprint density at radius 1 is 1.26 bits per heavy atom. The fraction of sp³-hybridized carbons (Fsp3) is 0.500. The second-order valence-electron chi connectivity index (χ2n) is 5.20. The lowest BCUT2D eigenvalue weighted by molar-refractivity contribution is 0.155. The van der Waals surface area contributed by atoms with Crippen molar-refractivity contribution < 1.29 is 10.2 Å². The van der Waals surface area contributed by atoms with Crippen LogP contribution in [0.4, 0.5) is 5.69 Å². The summed E-state index contributed by atoms with van der Waals surface area (Å²) in [5, 5.41) is 19.4. The number of aliphatic hydroxyl groups excluding tert-OH is 2. The van der Waals surface area contributed by atoms with Crippen LogP contribution in [0, 0.1) is 0 Å². The van der Waals surface area contributed by atoms with Gasteiger partial charge in [0.2, 0.25) is 0 Å². The number of hydrogen-bond acceptors (Lipinski definition) is 4. The summed E-state index contributed by atoms with van der Waals surface area (Å²) in [6.07, 6.45) is -0.455. The molecule has 4 N–H and O–H groups in total. The Kier molecular flexibility index (Phi) is 3.78. The van der Waals surface area contributed by atoms with Crippen LogP contribution in [0.1, 0.15) is 45.2 Å². The Morgan fingerprint density at radius 2 is 1.95 bits per heavy atom. The molecule has 19 heavy (non-hydrogen) atoms. The van der Waals surface area contributed by atoms with E-state index in [0.717, 1.165) is 11.0 Å². The molecule has 5 heteroatoms. The zero-order valence-electron chi connectivity index (χ0n) is 11.5. The number of nitrogen functional groups attached to an aromatic ring is 1. The SMILES string of the molecule is CC(O)CC(C)n1c(C(C)O)nc2cc(N)ccc21. The number of fused-ring (bicyclic) bond motifs is 1. The number of nitrogens with two attached hydrogens (primary N) is 1. The molecule has 0 spiro atoms. The lowest BCUT2D eigenvalue weighted by atomic mass is 10.1. The molecule has 1 aromatic carbocycles. The fourth-order valence-corrected chi connectivity index (χ4v) is 2.49. The topological polar surface area (TPSA) is 84.3 Å². The van der Waals surface area contributed by atoms with E-state index in [0.29, 0.717) is 17.9 Å². The minimum atomic E-state index is -0.662. The molecule has 3 unspecified atom stereocenters. The highest BCUT2D eigenvalue weighted by atomic mass is 16.3. The van der Waals surface area contributed by atoms with Gasteiger partial charge in [0.05, 0.1) is 17.1 Å². The van der Waals surface area contributed by atoms with Gasteiger partial charge in [0, 0.05) is 11.7 Å². The number of rotatable bonds is 4. The van der Waals surface area contributed by atoms with Crippen LogP contribution < -0.4 is 5.73 Å². The Labute approximate surface area is 112 Å². The number of hydrogen-bond donors (Lipinski definition) is 3. The monoisotopic (exact) mass is 263 g/mol. The molecule has 5 nitrogen and oxygen atoms in total. The summed E-state index contributed by atoms with van der Waals surface area (Å²) < 4.78 is 1.98. The van der Waals surface area contributed by atoms with E-state index in [-0.39, 0.29) is 6.04 Å². The van der Waals surface area contributed by atoms with Gasteiger partial charge in [0.15, 0.2) is 0 Å². The first-order valence-electron chi connectivity index (χ1n) is 6.53. The average Bonchev–Trinajstić information content (AvgIpc) is 2.66. The smallest absolute Gasteiger partial charge is 0.138 e. The Balaban J connectivity index is 2.58. The predicted molar refractivity (Wildman–Crippen MR) is 75.8 cm³/mol. The van der Waals surface area contributed by atoms with Crippen molar-refractivity contribution in [3.63, 3.8) is 0 Å². The van der Waals surface area contributed by atoms with E-state index in [9.17, 15) is 10.2 Å². The zero-order valence-corrected chi connectivity index (χ0v) is 11.5. The van der Waals surface area contributed by atoms with E-state index >= 15 is 0 Å². The molecule has 0 amide bonds. The second kappa shape index (κ2) is 5.19. The van der Waals surface area contributed by atoms with Crippen LogP contribution in [-0.2, 0) is 0 Å². The van der Waals surface area contributed by atoms with Crippen molar-refractivity contribution in [1.29, 1.82) is 0 Å². The highest BCUT2D eigenvalue weighted by Gasteiger charge is 2.20. The predicted octanol–water partition coefficient (Wildman–Crippen LogP) is 2.00. The van der Waals surface area contributed by atoms with E-state index < -0.39 is 12.2 Å². The normalized spacial score (nSPS) is 16.5. The van der Waals surface area contributed by atoms with Crippen LogP contribution >= 0.6 is 0 Å². The van der Waals surface area contributed by atoms with Crippen LogP contribution in [0.3, 0.4) is 0 Å². The number of aromatic nitrogens is 2. The maximum Gasteiger partial charge on any atom is 0.138 e. The van der Waals surface area contributed by atoms with Gasteiger partial charge in [-0.05, 0) is 45.4 Å². The molecule has 1 heterocycles. The van der Waals surface area contributed by atoms with Crippen LogP contribution in [0.5, 0.6) is 0 Å². The quantitative estimate of drug-likeness (QED) is 0.737. The molecule has 0 aliphatic carbocycles. The largest absolute Gasteiger partial charge is 0.399 e. The van der Waals surface area contributed by atoms with Gasteiger partial charge >= 0.3 is 0 Å². The third-order valence-corrected chi connectivity index (χ3v) is 3.24. The molecule has 104 valence electrons. The van der Waals surface area contributed by atoms with E-state index in [1.165, 1.54) is 0 Å². The van der Waals surface area contributed by atoms with Gasteiger partial charge in [-0.2, -0.15) is 0 Å². The summed E-state index contributed by atoms with van der Waals surface area (Å²) in [5.74, 6) is 0.605. The highest BCUT2D eigenvalue weighted by Crippen LogP contribution is 2.28. The van der Waals surface area contributed by atoms with Gasteiger partial charge in [-0.15, -0.1) is 0 Å². The van der Waals surface area contributed by atoms with Gasteiger partial charge in [-0.25, -0.2) is 4.98 Å². The zero-order chi connectivity index (χ0) is 14.2. The van der Waals surface area contributed by atoms with Gasteiger partial charge in [0.25, 0.3) is 0 Å². The molecule has 0 aliphatic rings. The maximum absolute atomic E-state index is 9.88. The van der Waals surface area contributed by atoms with Crippen molar-refractivity contribution in [3.8, 4) is 0 Å². The molecular weight excluding hydrogens is 242 g/mol. The maximum atomic E-state index is 9.88. The minimum absolute atomic E-state index is 0.0539. The first-order chi connectivity index (χ1) is 8.90. The van der Waals surface area contributed by atoms with Crippen LogP contribution in [-0.4, -0.2) is 25.9 Å². The van der Waals surface area contributed by atoms with Crippen molar-refractivity contribution in [2.24, 2.45) is 0 Å². The fourth-order valence-electron chi connectivity index (χ4n) is 2.49. The number of anilines is 1. The first kappa shape index (κ1) is 13.8. The summed E-state index contributed by atoms with van der Waals surface area (Å²) >= 11 is 0. The van der Waals surface area contributed by atoms with Crippen LogP contribution in [0.25, 0.3) is 11.0 Å². The number of nitrogens with zero attached hydrogens (tertiary/aromatic N) is 2. The molecule has 1 aromatic heterocycles. The van der Waals surface area contributed by atoms with Crippen molar-refractivity contribution >= 4 is 16.7 Å². The molecule has 0 aliphatic heterocycles. The van der Waals surface area contributed by atoms with E-state index in [1.54, 1.807) is 19.9 Å². The minimum Gasteiger partial charge on any atom is -0.399 e. The number of aliphatic hydroxyl groups is 2. The van der Waals surface area contributed by atoms with Gasteiger partial charge < -0.3 is 20.5 Å². The Hall–Kier alpha value is -1.59. The molecule has 2 aromatic rings. The lowest BCUT2D eigenvalue weighted by Gasteiger charge is -2.20. The second-order valence-corrected chi connectivity index (χ2v) is 5.20. The Morgan fingerprint density at radius 3 is 2.53 bits per heavy atom. The summed E-state index contributed by atoms with van der Waals surface area (Å²) in [4.78, 5) is 4.45. The summed E-state index contributed by atoms with van der Waals surface area (Å²) in [7, 11) is 0. The third kappa shape index (κ3) is 2.72. The van der Waals surface area contributed by atoms with Gasteiger partial charge in [-0.3, -0.25) is 0 Å². The highest BCUT2D eigenvalue weighted by molar-refractivity contribution is 5.79. The van der Waals surface area contributed by atoms with E-state index in [1.807, 2.05) is 23.6 Å². The summed E-state index contributed by atoms with van der Waals surface area (Å²) in [6, 6.07) is 5.58.